The van der Waals surface area contributed by atoms with Crippen molar-refractivity contribution in [3.63, 3.8) is 0 Å². The summed E-state index contributed by atoms with van der Waals surface area (Å²) in [6.07, 6.45) is 8.13. The molecule has 2 aliphatic heterocycles. The van der Waals surface area contributed by atoms with Gasteiger partial charge < -0.3 is 14.5 Å². The minimum Gasteiger partial charge on any atom is -0.468 e. The molecule has 0 unspecified atom stereocenters. The van der Waals surface area contributed by atoms with E-state index in [0.29, 0.717) is 5.54 Å². The lowest BCUT2D eigenvalue weighted by molar-refractivity contribution is -0.0359. The number of furan rings is 1. The summed E-state index contributed by atoms with van der Waals surface area (Å²) >= 11 is 0. The van der Waals surface area contributed by atoms with E-state index >= 15 is 0 Å². The normalized spacial score (nSPS) is 23.8. The van der Waals surface area contributed by atoms with Crippen LogP contribution in [0.4, 0.5) is 0 Å². The number of rotatable bonds is 5. The van der Waals surface area contributed by atoms with E-state index in [2.05, 4.69) is 10.2 Å². The van der Waals surface area contributed by atoms with Gasteiger partial charge in [-0.05, 0) is 50.9 Å². The third kappa shape index (κ3) is 3.25. The van der Waals surface area contributed by atoms with Crippen LogP contribution in [0.1, 0.15) is 37.9 Å². The van der Waals surface area contributed by atoms with Crippen molar-refractivity contribution in [2.45, 2.75) is 44.2 Å². The zero-order valence-electron chi connectivity index (χ0n) is 12.3. The Morgan fingerprint density at radius 1 is 1.15 bits per heavy atom. The monoisotopic (exact) mass is 278 g/mol. The van der Waals surface area contributed by atoms with E-state index in [4.69, 9.17) is 9.15 Å². The van der Waals surface area contributed by atoms with Crippen LogP contribution in [-0.4, -0.2) is 43.3 Å². The van der Waals surface area contributed by atoms with Crippen LogP contribution in [0.5, 0.6) is 0 Å². The molecule has 2 saturated heterocycles. The molecule has 2 aliphatic rings. The van der Waals surface area contributed by atoms with Gasteiger partial charge in [-0.3, -0.25) is 4.90 Å². The van der Waals surface area contributed by atoms with Crippen LogP contribution in [-0.2, 0) is 11.3 Å². The van der Waals surface area contributed by atoms with Gasteiger partial charge in [-0.25, -0.2) is 0 Å². The highest BCUT2D eigenvalue weighted by Gasteiger charge is 2.38. The predicted octanol–water partition coefficient (Wildman–Crippen LogP) is 2.40. The smallest absolute Gasteiger partial charge is 0.117 e. The molecule has 20 heavy (non-hydrogen) atoms. The fourth-order valence-electron chi connectivity index (χ4n) is 3.56. The van der Waals surface area contributed by atoms with E-state index in [1.165, 1.54) is 32.4 Å². The summed E-state index contributed by atoms with van der Waals surface area (Å²) in [6, 6.07) is 3.98. The summed E-state index contributed by atoms with van der Waals surface area (Å²) < 4.78 is 11.0. The molecule has 0 saturated carbocycles. The Hall–Kier alpha value is -0.840. The fourth-order valence-corrected chi connectivity index (χ4v) is 3.56. The Kier molecular flexibility index (Phi) is 4.76. The van der Waals surface area contributed by atoms with E-state index in [-0.39, 0.29) is 0 Å². The minimum atomic E-state index is 0.297. The molecule has 3 heterocycles. The van der Waals surface area contributed by atoms with Crippen molar-refractivity contribution in [3.05, 3.63) is 24.2 Å². The Labute approximate surface area is 121 Å². The molecule has 1 N–H and O–H groups in total. The fraction of sp³-hybridized carbons (Fsp3) is 0.750. The molecule has 0 bridgehead atoms. The minimum absolute atomic E-state index is 0.297. The van der Waals surface area contributed by atoms with Crippen molar-refractivity contribution >= 4 is 0 Å². The van der Waals surface area contributed by atoms with E-state index in [1.54, 1.807) is 6.26 Å². The van der Waals surface area contributed by atoms with Crippen LogP contribution in [0, 0.1) is 0 Å². The van der Waals surface area contributed by atoms with Crippen LogP contribution in [0.25, 0.3) is 0 Å². The maximum absolute atomic E-state index is 5.59. The maximum atomic E-state index is 5.59. The van der Waals surface area contributed by atoms with Gasteiger partial charge in [0.15, 0.2) is 0 Å². The second kappa shape index (κ2) is 6.74. The zero-order valence-corrected chi connectivity index (χ0v) is 12.3. The largest absolute Gasteiger partial charge is 0.468 e. The van der Waals surface area contributed by atoms with Gasteiger partial charge in [0.2, 0.25) is 0 Å². The number of piperidine rings is 1. The van der Waals surface area contributed by atoms with Gasteiger partial charge >= 0.3 is 0 Å². The Morgan fingerprint density at radius 3 is 2.65 bits per heavy atom. The molecule has 0 aliphatic carbocycles. The van der Waals surface area contributed by atoms with Crippen LogP contribution in [0.2, 0.25) is 0 Å². The van der Waals surface area contributed by atoms with Crippen LogP contribution in [0.15, 0.2) is 22.8 Å². The molecule has 1 aromatic heterocycles. The van der Waals surface area contributed by atoms with Gasteiger partial charge in [0.05, 0.1) is 12.8 Å². The standard InChI is InChI=1S/C16H26N2O2/c1-2-8-18(9-3-1)16(6-11-19-12-7-16)14-17-13-15-5-4-10-20-15/h4-5,10,17H,1-3,6-9,11-14H2. The first-order chi connectivity index (χ1) is 9.89. The first kappa shape index (κ1) is 14.1. The second-order valence-electron chi connectivity index (χ2n) is 6.07. The Balaban J connectivity index is 1.59. The summed E-state index contributed by atoms with van der Waals surface area (Å²) in [4.78, 5) is 2.72. The number of nitrogens with zero attached hydrogens (tertiary/aromatic N) is 1. The van der Waals surface area contributed by atoms with E-state index in [9.17, 15) is 0 Å². The van der Waals surface area contributed by atoms with Crippen LogP contribution in [0.3, 0.4) is 0 Å². The van der Waals surface area contributed by atoms with E-state index in [1.807, 2.05) is 12.1 Å². The number of likely N-dealkylation sites (tertiary alicyclic amines) is 1. The van der Waals surface area contributed by atoms with Gasteiger partial charge in [-0.15, -0.1) is 0 Å². The molecule has 0 amide bonds. The Bertz CT molecular complexity index is 379. The molecule has 2 fully saturated rings. The molecule has 0 aromatic carbocycles. The highest BCUT2D eigenvalue weighted by atomic mass is 16.5. The molecule has 4 nitrogen and oxygen atoms in total. The molecule has 0 radical (unpaired) electrons. The van der Waals surface area contributed by atoms with Gasteiger partial charge in [-0.2, -0.15) is 0 Å². The van der Waals surface area contributed by atoms with Gasteiger partial charge in [0.25, 0.3) is 0 Å². The average Bonchev–Trinajstić information content (AvgIpc) is 3.02. The topological polar surface area (TPSA) is 37.6 Å². The van der Waals surface area contributed by atoms with E-state index < -0.39 is 0 Å². The lowest BCUT2D eigenvalue weighted by Crippen LogP contribution is -2.59. The molecular weight excluding hydrogens is 252 g/mol. The molecule has 1 aromatic rings. The summed E-state index contributed by atoms with van der Waals surface area (Å²) in [5.41, 5.74) is 0.297. The van der Waals surface area contributed by atoms with Gasteiger partial charge in [0.1, 0.15) is 5.76 Å². The molecule has 112 valence electrons. The highest BCUT2D eigenvalue weighted by Crippen LogP contribution is 2.30. The third-order valence-corrected chi connectivity index (χ3v) is 4.78. The Morgan fingerprint density at radius 2 is 1.95 bits per heavy atom. The summed E-state index contributed by atoms with van der Waals surface area (Å²) in [5.74, 6) is 1.02. The van der Waals surface area contributed by atoms with Crippen molar-refractivity contribution in [1.82, 2.24) is 10.2 Å². The first-order valence-electron chi connectivity index (χ1n) is 7.95. The highest BCUT2D eigenvalue weighted by molar-refractivity contribution is 5.00. The van der Waals surface area contributed by atoms with Crippen molar-refractivity contribution in [2.24, 2.45) is 0 Å². The average molecular weight is 278 g/mol. The summed E-state index contributed by atoms with van der Waals surface area (Å²) in [6.45, 7) is 6.17. The summed E-state index contributed by atoms with van der Waals surface area (Å²) in [7, 11) is 0. The SMILES string of the molecule is c1coc(CNCC2(N3CCCCC3)CCOCC2)c1. The number of nitrogens with one attached hydrogen (secondary N) is 1. The van der Waals surface area contributed by atoms with Gasteiger partial charge in [0, 0.05) is 25.3 Å². The van der Waals surface area contributed by atoms with Crippen molar-refractivity contribution in [2.75, 3.05) is 32.8 Å². The summed E-state index contributed by atoms with van der Waals surface area (Å²) in [5, 5.41) is 3.60. The van der Waals surface area contributed by atoms with Crippen molar-refractivity contribution < 1.29 is 9.15 Å². The second-order valence-corrected chi connectivity index (χ2v) is 6.07. The third-order valence-electron chi connectivity index (χ3n) is 4.78. The lowest BCUT2D eigenvalue weighted by atomic mass is 9.86. The van der Waals surface area contributed by atoms with Crippen molar-refractivity contribution in [1.29, 1.82) is 0 Å². The quantitative estimate of drug-likeness (QED) is 0.897. The zero-order chi connectivity index (χ0) is 13.7. The number of ether oxygens (including phenoxy) is 1. The molecular formula is C16H26N2O2. The molecule has 3 rings (SSSR count). The van der Waals surface area contributed by atoms with Crippen LogP contribution >= 0.6 is 0 Å². The molecule has 4 heteroatoms. The maximum Gasteiger partial charge on any atom is 0.117 e. The number of hydrogen-bond donors (Lipinski definition) is 1. The predicted molar refractivity (Wildman–Crippen MR) is 78.6 cm³/mol. The molecule has 0 spiro atoms. The first-order valence-corrected chi connectivity index (χ1v) is 7.95. The van der Waals surface area contributed by atoms with Crippen LogP contribution < -0.4 is 5.32 Å². The van der Waals surface area contributed by atoms with Gasteiger partial charge in [-0.1, -0.05) is 6.42 Å². The lowest BCUT2D eigenvalue weighted by Gasteiger charge is -2.48. The molecule has 0 atom stereocenters. The van der Waals surface area contributed by atoms with E-state index in [0.717, 1.165) is 44.9 Å². The van der Waals surface area contributed by atoms with Crippen molar-refractivity contribution in [3.8, 4) is 0 Å². The number of hydrogen-bond acceptors (Lipinski definition) is 4.